The van der Waals surface area contributed by atoms with Gasteiger partial charge in [0.15, 0.2) is 0 Å². The first-order valence-electron chi connectivity index (χ1n) is 4.51. The second kappa shape index (κ2) is 4.24. The zero-order valence-electron chi connectivity index (χ0n) is 7.83. The van der Waals surface area contributed by atoms with Gasteiger partial charge >= 0.3 is 11.9 Å². The van der Waals surface area contributed by atoms with Gasteiger partial charge in [-0.1, -0.05) is 0 Å². The van der Waals surface area contributed by atoms with Crippen molar-refractivity contribution in [3.63, 3.8) is 0 Å². The molecule has 15 heavy (non-hydrogen) atoms. The number of nitro groups is 1. The highest BCUT2D eigenvalue weighted by atomic mass is 16.6. The summed E-state index contributed by atoms with van der Waals surface area (Å²) in [5.41, 5.74) is 0. The van der Waals surface area contributed by atoms with E-state index >= 15 is 0 Å². The minimum Gasteiger partial charge on any atom is -0.481 e. The van der Waals surface area contributed by atoms with Crippen molar-refractivity contribution in [1.29, 1.82) is 0 Å². The van der Waals surface area contributed by atoms with Crippen LogP contribution in [0.3, 0.4) is 0 Å². The number of carboxylic acid groups (broad SMARTS) is 2. The van der Waals surface area contributed by atoms with Gasteiger partial charge in [0.2, 0.25) is 6.04 Å². The van der Waals surface area contributed by atoms with Crippen LogP contribution in [0.1, 0.15) is 19.3 Å². The van der Waals surface area contributed by atoms with E-state index in [-0.39, 0.29) is 19.3 Å². The van der Waals surface area contributed by atoms with Gasteiger partial charge in [0.1, 0.15) is 0 Å². The molecule has 1 fully saturated rings. The Balaban J connectivity index is 2.77. The van der Waals surface area contributed by atoms with E-state index in [9.17, 15) is 19.7 Å². The third-order valence-corrected chi connectivity index (χ3v) is 2.68. The van der Waals surface area contributed by atoms with Crippen LogP contribution >= 0.6 is 0 Å². The Morgan fingerprint density at radius 1 is 1.07 bits per heavy atom. The summed E-state index contributed by atoms with van der Waals surface area (Å²) in [4.78, 5) is 31.3. The Kier molecular flexibility index (Phi) is 3.23. The van der Waals surface area contributed by atoms with Gasteiger partial charge in [-0.15, -0.1) is 0 Å². The van der Waals surface area contributed by atoms with Crippen LogP contribution in [0.4, 0.5) is 0 Å². The molecule has 2 N–H and O–H groups in total. The molecule has 0 aliphatic heterocycles. The van der Waals surface area contributed by atoms with Crippen molar-refractivity contribution in [2.45, 2.75) is 25.3 Å². The Bertz CT molecular complexity index is 248. The first-order valence-corrected chi connectivity index (χ1v) is 4.51. The van der Waals surface area contributed by atoms with Crippen LogP contribution in [0.5, 0.6) is 0 Å². The standard InChI is InChI=1S/C8H11NO6/c10-7(11)4-1-5(8(12)13)3-6(2-4)9(14)15/h4-6H,1-3H2,(H,10,11)(H,12,13). The van der Waals surface area contributed by atoms with E-state index in [0.717, 1.165) is 0 Å². The minimum absolute atomic E-state index is 0.0188. The van der Waals surface area contributed by atoms with Crippen LogP contribution in [0.2, 0.25) is 0 Å². The Labute approximate surface area is 84.9 Å². The summed E-state index contributed by atoms with van der Waals surface area (Å²) in [6.07, 6.45) is -0.173. The van der Waals surface area contributed by atoms with Crippen molar-refractivity contribution < 1.29 is 24.7 Å². The third kappa shape index (κ3) is 2.64. The van der Waals surface area contributed by atoms with Gasteiger partial charge in [-0.2, -0.15) is 0 Å². The lowest BCUT2D eigenvalue weighted by atomic mass is 9.79. The Hall–Kier alpha value is -1.66. The molecule has 0 bridgehead atoms. The monoisotopic (exact) mass is 217 g/mol. The van der Waals surface area contributed by atoms with Crippen LogP contribution < -0.4 is 0 Å². The normalized spacial score (nSPS) is 30.8. The maximum absolute atomic E-state index is 10.7. The van der Waals surface area contributed by atoms with Gasteiger partial charge < -0.3 is 10.2 Å². The fourth-order valence-electron chi connectivity index (χ4n) is 1.86. The van der Waals surface area contributed by atoms with Crippen molar-refractivity contribution in [3.05, 3.63) is 10.1 Å². The van der Waals surface area contributed by atoms with Crippen LogP contribution in [-0.4, -0.2) is 33.1 Å². The lowest BCUT2D eigenvalue weighted by Crippen LogP contribution is -2.38. The van der Waals surface area contributed by atoms with Gasteiger partial charge in [0, 0.05) is 17.8 Å². The molecule has 0 spiro atoms. The summed E-state index contributed by atoms with van der Waals surface area (Å²) in [5, 5.41) is 28.0. The molecule has 0 saturated heterocycles. The number of hydrogen-bond acceptors (Lipinski definition) is 4. The zero-order chi connectivity index (χ0) is 11.6. The maximum atomic E-state index is 10.7. The van der Waals surface area contributed by atoms with Gasteiger partial charge in [0.05, 0.1) is 11.8 Å². The summed E-state index contributed by atoms with van der Waals surface area (Å²) in [6, 6.07) is -1.05. The third-order valence-electron chi connectivity index (χ3n) is 2.68. The van der Waals surface area contributed by atoms with Gasteiger partial charge in [-0.05, 0) is 6.42 Å². The molecule has 1 rings (SSSR count). The van der Waals surface area contributed by atoms with Crippen molar-refractivity contribution >= 4 is 11.9 Å². The lowest BCUT2D eigenvalue weighted by molar-refractivity contribution is -0.528. The van der Waals surface area contributed by atoms with E-state index in [2.05, 4.69) is 0 Å². The van der Waals surface area contributed by atoms with E-state index < -0.39 is 34.7 Å². The average molecular weight is 217 g/mol. The van der Waals surface area contributed by atoms with Gasteiger partial charge in [-0.3, -0.25) is 19.7 Å². The number of carboxylic acids is 2. The summed E-state index contributed by atoms with van der Waals surface area (Å²) >= 11 is 0. The molecule has 7 nitrogen and oxygen atoms in total. The molecule has 0 aromatic carbocycles. The quantitative estimate of drug-likeness (QED) is 0.515. The highest BCUT2D eigenvalue weighted by Crippen LogP contribution is 2.31. The Morgan fingerprint density at radius 3 is 1.73 bits per heavy atom. The number of carbonyl (C=O) groups is 2. The Morgan fingerprint density at radius 2 is 1.47 bits per heavy atom. The molecule has 2 atom stereocenters. The molecule has 1 saturated carbocycles. The van der Waals surface area contributed by atoms with Crippen molar-refractivity contribution in [3.8, 4) is 0 Å². The number of hydrogen-bond donors (Lipinski definition) is 2. The largest absolute Gasteiger partial charge is 0.481 e. The fourth-order valence-corrected chi connectivity index (χ4v) is 1.86. The van der Waals surface area contributed by atoms with Crippen molar-refractivity contribution in [2.24, 2.45) is 11.8 Å². The van der Waals surface area contributed by atoms with E-state index in [4.69, 9.17) is 10.2 Å². The molecular formula is C8H11NO6. The first kappa shape index (κ1) is 11.4. The molecule has 0 amide bonds. The predicted molar refractivity (Wildman–Crippen MR) is 46.9 cm³/mol. The highest BCUT2D eigenvalue weighted by Gasteiger charge is 2.41. The number of nitrogens with zero attached hydrogens (tertiary/aromatic N) is 1. The number of rotatable bonds is 3. The molecule has 0 heterocycles. The van der Waals surface area contributed by atoms with Gasteiger partial charge in [0.25, 0.3) is 0 Å². The summed E-state index contributed by atoms with van der Waals surface area (Å²) in [5.74, 6) is -4.16. The van der Waals surface area contributed by atoms with Crippen LogP contribution in [0.25, 0.3) is 0 Å². The lowest BCUT2D eigenvalue weighted by Gasteiger charge is -2.25. The second-order valence-electron chi connectivity index (χ2n) is 3.72. The summed E-state index contributed by atoms with van der Waals surface area (Å²) in [7, 11) is 0. The topological polar surface area (TPSA) is 118 Å². The smallest absolute Gasteiger partial charge is 0.306 e. The van der Waals surface area contributed by atoms with E-state index in [0.29, 0.717) is 0 Å². The molecule has 0 aromatic rings. The zero-order valence-corrected chi connectivity index (χ0v) is 7.83. The first-order chi connectivity index (χ1) is 6.91. The van der Waals surface area contributed by atoms with Crippen LogP contribution in [-0.2, 0) is 9.59 Å². The van der Waals surface area contributed by atoms with Crippen molar-refractivity contribution in [1.82, 2.24) is 0 Å². The minimum atomic E-state index is -1.16. The molecule has 0 aromatic heterocycles. The molecule has 1 aliphatic rings. The molecule has 2 unspecified atom stereocenters. The van der Waals surface area contributed by atoms with Crippen LogP contribution in [0.15, 0.2) is 0 Å². The average Bonchev–Trinajstić information content (AvgIpc) is 2.16. The number of aliphatic carboxylic acids is 2. The van der Waals surface area contributed by atoms with Crippen molar-refractivity contribution in [2.75, 3.05) is 0 Å². The highest BCUT2D eigenvalue weighted by molar-refractivity contribution is 5.74. The summed E-state index contributed by atoms with van der Waals surface area (Å²) < 4.78 is 0. The molecule has 1 aliphatic carbocycles. The molecule has 0 radical (unpaired) electrons. The fraction of sp³-hybridized carbons (Fsp3) is 0.750. The molecular weight excluding hydrogens is 206 g/mol. The van der Waals surface area contributed by atoms with Gasteiger partial charge in [-0.25, -0.2) is 0 Å². The maximum Gasteiger partial charge on any atom is 0.306 e. The van der Waals surface area contributed by atoms with E-state index in [1.54, 1.807) is 0 Å². The van der Waals surface area contributed by atoms with E-state index in [1.165, 1.54) is 0 Å². The molecule has 84 valence electrons. The predicted octanol–water partition coefficient (Wildman–Crippen LogP) is 0.217. The molecule has 7 heteroatoms. The van der Waals surface area contributed by atoms with Crippen LogP contribution in [0, 0.1) is 22.0 Å². The summed E-state index contributed by atoms with van der Waals surface area (Å²) in [6.45, 7) is 0. The SMILES string of the molecule is O=C(O)C1CC(C(=O)O)CC([N+](=O)[O-])C1. The second-order valence-corrected chi connectivity index (χ2v) is 3.72. The van der Waals surface area contributed by atoms with E-state index in [1.807, 2.05) is 0 Å².